The number of pyridine rings is 1. The fourth-order valence-corrected chi connectivity index (χ4v) is 3.12. The highest BCUT2D eigenvalue weighted by atomic mass is 19.4. The molecule has 30 heavy (non-hydrogen) atoms. The van der Waals surface area contributed by atoms with Crippen molar-refractivity contribution in [2.75, 3.05) is 0 Å². The molecule has 0 aliphatic carbocycles. The molecule has 0 spiro atoms. The van der Waals surface area contributed by atoms with Crippen LogP contribution in [0.25, 0.3) is 11.1 Å². The lowest BCUT2D eigenvalue weighted by Gasteiger charge is -2.35. The molecule has 1 heterocycles. The van der Waals surface area contributed by atoms with Crippen LogP contribution in [0.3, 0.4) is 0 Å². The molecule has 0 saturated heterocycles. The number of halogens is 6. The van der Waals surface area contributed by atoms with E-state index in [9.17, 15) is 31.1 Å². The molecule has 2 aromatic rings. The normalized spacial score (nSPS) is 13.6. The van der Waals surface area contributed by atoms with Gasteiger partial charge in [0, 0.05) is 23.9 Å². The molecule has 2 rings (SSSR count). The van der Waals surface area contributed by atoms with E-state index in [2.05, 4.69) is 9.72 Å². The Morgan fingerprint density at radius 2 is 1.70 bits per heavy atom. The first-order valence-corrected chi connectivity index (χ1v) is 8.54. The SMILES string of the molecule is CC(C)(OC(N)=O)C(CC(F)(F)F)c1cnccc1-c1ccccc1OC(F)(F)F. The lowest BCUT2D eigenvalue weighted by Crippen LogP contribution is -2.39. The maximum Gasteiger partial charge on any atom is 0.573 e. The first-order valence-electron chi connectivity index (χ1n) is 8.54. The molecule has 1 amide bonds. The molecule has 2 N–H and O–H groups in total. The lowest BCUT2D eigenvalue weighted by molar-refractivity contribution is -0.274. The van der Waals surface area contributed by atoms with Crippen molar-refractivity contribution in [2.45, 2.75) is 44.3 Å². The lowest BCUT2D eigenvalue weighted by atomic mass is 9.79. The number of carbonyl (C=O) groups excluding carboxylic acids is 1. The van der Waals surface area contributed by atoms with Crippen LogP contribution in [0.1, 0.15) is 31.7 Å². The average Bonchev–Trinajstić information content (AvgIpc) is 2.57. The van der Waals surface area contributed by atoms with Crippen LogP contribution in [0.4, 0.5) is 31.1 Å². The number of rotatable bonds is 6. The van der Waals surface area contributed by atoms with Gasteiger partial charge in [0.1, 0.15) is 11.4 Å². The van der Waals surface area contributed by atoms with Crippen LogP contribution in [-0.4, -0.2) is 29.2 Å². The maximum atomic E-state index is 13.3. The average molecular weight is 436 g/mol. The van der Waals surface area contributed by atoms with Crippen molar-refractivity contribution in [1.29, 1.82) is 0 Å². The second kappa shape index (κ2) is 8.41. The molecule has 1 unspecified atom stereocenters. The standard InChI is InChI=1S/C19H18F6N2O3/c1-17(2,30-16(26)28)14(9-18(20,21)22)13-10-27-8-7-11(13)12-5-3-4-6-15(12)29-19(23,24)25/h3-8,10,14H,9H2,1-2H3,(H2,26,28). The second-order valence-corrected chi connectivity index (χ2v) is 6.90. The highest BCUT2D eigenvalue weighted by molar-refractivity contribution is 5.74. The maximum absolute atomic E-state index is 13.3. The number of ether oxygens (including phenoxy) is 2. The zero-order valence-electron chi connectivity index (χ0n) is 15.8. The largest absolute Gasteiger partial charge is 0.573 e. The number of hydrogen-bond donors (Lipinski definition) is 1. The molecular formula is C19H18F6N2O3. The Morgan fingerprint density at radius 3 is 2.27 bits per heavy atom. The van der Waals surface area contributed by atoms with Crippen LogP contribution < -0.4 is 10.5 Å². The monoisotopic (exact) mass is 436 g/mol. The van der Waals surface area contributed by atoms with E-state index in [0.717, 1.165) is 12.3 Å². The minimum atomic E-state index is -5.01. The van der Waals surface area contributed by atoms with Gasteiger partial charge >= 0.3 is 18.6 Å². The van der Waals surface area contributed by atoms with E-state index < -0.39 is 42.3 Å². The summed E-state index contributed by atoms with van der Waals surface area (Å²) in [6, 6.07) is 6.27. The summed E-state index contributed by atoms with van der Waals surface area (Å²) in [5.74, 6) is -2.12. The molecule has 0 aliphatic heterocycles. The number of amides is 1. The number of primary amides is 1. The Balaban J connectivity index is 2.67. The van der Waals surface area contributed by atoms with Gasteiger partial charge in [-0.25, -0.2) is 4.79 Å². The van der Waals surface area contributed by atoms with Crippen molar-refractivity contribution in [1.82, 2.24) is 4.98 Å². The molecule has 0 bridgehead atoms. The van der Waals surface area contributed by atoms with Gasteiger partial charge in [-0.1, -0.05) is 18.2 Å². The summed E-state index contributed by atoms with van der Waals surface area (Å²) in [5.41, 5.74) is 3.07. The van der Waals surface area contributed by atoms with Gasteiger partial charge in [0.15, 0.2) is 0 Å². The molecule has 5 nitrogen and oxygen atoms in total. The van der Waals surface area contributed by atoms with Crippen molar-refractivity contribution < 1.29 is 40.6 Å². The van der Waals surface area contributed by atoms with Gasteiger partial charge in [0.2, 0.25) is 0 Å². The Hall–Kier alpha value is -2.98. The van der Waals surface area contributed by atoms with E-state index >= 15 is 0 Å². The highest BCUT2D eigenvalue weighted by Gasteiger charge is 2.44. The quantitative estimate of drug-likeness (QED) is 0.602. The van der Waals surface area contributed by atoms with Crippen LogP contribution >= 0.6 is 0 Å². The van der Waals surface area contributed by atoms with Crippen LogP contribution in [0.5, 0.6) is 5.75 Å². The number of benzene rings is 1. The molecule has 0 fully saturated rings. The van der Waals surface area contributed by atoms with Gasteiger partial charge in [-0.3, -0.25) is 4.98 Å². The number of nitrogens with two attached hydrogens (primary N) is 1. The van der Waals surface area contributed by atoms with Crippen molar-refractivity contribution >= 4 is 6.09 Å². The summed E-state index contributed by atoms with van der Waals surface area (Å²) in [5, 5.41) is 0. The van der Waals surface area contributed by atoms with E-state index in [4.69, 9.17) is 10.5 Å². The first-order chi connectivity index (χ1) is 13.7. The predicted molar refractivity (Wildman–Crippen MR) is 94.5 cm³/mol. The van der Waals surface area contributed by atoms with Gasteiger partial charge in [0.05, 0.1) is 6.42 Å². The highest BCUT2D eigenvalue weighted by Crippen LogP contribution is 2.45. The Morgan fingerprint density at radius 1 is 1.07 bits per heavy atom. The van der Waals surface area contributed by atoms with Crippen molar-refractivity contribution in [3.8, 4) is 16.9 Å². The van der Waals surface area contributed by atoms with Crippen LogP contribution in [0, 0.1) is 0 Å². The molecule has 0 aliphatic rings. The number of carbonyl (C=O) groups is 1. The van der Waals surface area contributed by atoms with Crippen molar-refractivity contribution in [2.24, 2.45) is 5.73 Å². The summed E-state index contributed by atoms with van der Waals surface area (Å²) in [7, 11) is 0. The van der Waals surface area contributed by atoms with E-state index in [1.165, 1.54) is 44.3 Å². The fraction of sp³-hybridized carbons (Fsp3) is 0.368. The molecule has 164 valence electrons. The number of aromatic nitrogens is 1. The van der Waals surface area contributed by atoms with E-state index in [1.54, 1.807) is 0 Å². The smallest absolute Gasteiger partial charge is 0.443 e. The summed E-state index contributed by atoms with van der Waals surface area (Å²) in [4.78, 5) is 15.1. The van der Waals surface area contributed by atoms with Gasteiger partial charge in [-0.05, 0) is 37.1 Å². The minimum Gasteiger partial charge on any atom is -0.443 e. The predicted octanol–water partition coefficient (Wildman–Crippen LogP) is 5.56. The fourth-order valence-electron chi connectivity index (χ4n) is 3.12. The molecule has 0 saturated carbocycles. The summed E-state index contributed by atoms with van der Waals surface area (Å²) < 4.78 is 87.3. The number of alkyl halides is 6. The van der Waals surface area contributed by atoms with Crippen LogP contribution in [-0.2, 0) is 4.74 Å². The van der Waals surface area contributed by atoms with Crippen LogP contribution in [0.2, 0.25) is 0 Å². The zero-order chi connectivity index (χ0) is 22.7. The van der Waals surface area contributed by atoms with E-state index in [-0.39, 0.29) is 16.7 Å². The molecular weight excluding hydrogens is 418 g/mol. The summed E-state index contributed by atoms with van der Waals surface area (Å²) >= 11 is 0. The van der Waals surface area contributed by atoms with E-state index in [1.807, 2.05) is 0 Å². The van der Waals surface area contributed by atoms with Crippen molar-refractivity contribution in [3.05, 3.63) is 48.3 Å². The molecule has 1 aromatic carbocycles. The second-order valence-electron chi connectivity index (χ2n) is 6.90. The van der Waals surface area contributed by atoms with Gasteiger partial charge in [-0.2, -0.15) is 13.2 Å². The Labute approximate surface area is 167 Å². The molecule has 0 radical (unpaired) electrons. The van der Waals surface area contributed by atoms with Gasteiger partial charge < -0.3 is 15.2 Å². The van der Waals surface area contributed by atoms with Crippen LogP contribution in [0.15, 0.2) is 42.7 Å². The Kier molecular flexibility index (Phi) is 6.53. The summed E-state index contributed by atoms with van der Waals surface area (Å²) in [6.45, 7) is 2.45. The number of para-hydroxylation sites is 1. The summed E-state index contributed by atoms with van der Waals surface area (Å²) in [6.07, 6.45) is -10.1. The third-order valence-corrected chi connectivity index (χ3v) is 4.27. The number of nitrogens with zero attached hydrogens (tertiary/aromatic N) is 1. The third kappa shape index (κ3) is 6.26. The minimum absolute atomic E-state index is 0.0141. The molecule has 1 aromatic heterocycles. The number of hydrogen-bond acceptors (Lipinski definition) is 4. The van der Waals surface area contributed by atoms with E-state index in [0.29, 0.717) is 0 Å². The Bertz CT molecular complexity index is 896. The van der Waals surface area contributed by atoms with Gasteiger partial charge in [-0.15, -0.1) is 13.2 Å². The topological polar surface area (TPSA) is 74.4 Å². The molecule has 1 atom stereocenters. The van der Waals surface area contributed by atoms with Crippen molar-refractivity contribution in [3.63, 3.8) is 0 Å². The van der Waals surface area contributed by atoms with Gasteiger partial charge in [0.25, 0.3) is 0 Å². The first kappa shape index (κ1) is 23.3. The zero-order valence-corrected chi connectivity index (χ0v) is 15.8. The molecule has 11 heteroatoms. The third-order valence-electron chi connectivity index (χ3n) is 4.27.